The number of allylic oxidation sites excluding steroid dienone is 3. The van der Waals surface area contributed by atoms with Crippen LogP contribution in [0.25, 0.3) is 0 Å². The molecule has 1 heterocycles. The van der Waals surface area contributed by atoms with Gasteiger partial charge >= 0.3 is 0 Å². The minimum absolute atomic E-state index is 0.0524. The summed E-state index contributed by atoms with van der Waals surface area (Å²) in [6.45, 7) is 6.48. The average Bonchev–Trinajstić information content (AvgIpc) is 2.54. The first-order valence-corrected chi connectivity index (χ1v) is 9.78. The maximum absolute atomic E-state index is 12.5. The first-order chi connectivity index (χ1) is 11.1. The molecule has 2 aliphatic rings. The molecule has 0 saturated heterocycles. The van der Waals surface area contributed by atoms with Gasteiger partial charge in [-0.05, 0) is 42.9 Å². The van der Waals surface area contributed by atoms with Gasteiger partial charge in [-0.3, -0.25) is 9.59 Å². The van der Waals surface area contributed by atoms with Crippen LogP contribution in [0.5, 0.6) is 0 Å². The zero-order chi connectivity index (χ0) is 16.8. The fraction of sp³-hybridized carbons (Fsp3) is 0.684. The molecule has 0 aromatic carbocycles. The second-order valence-electron chi connectivity index (χ2n) is 6.86. The molecule has 0 spiro atoms. The predicted octanol–water partition coefficient (Wildman–Crippen LogP) is 4.94. The molecule has 2 rings (SSSR count). The number of nitrogens with one attached hydrogen (secondary N) is 1. The van der Waals surface area contributed by atoms with Crippen LogP contribution in [0.1, 0.15) is 72.1 Å². The van der Waals surface area contributed by atoms with Gasteiger partial charge in [0.2, 0.25) is 5.91 Å². The highest BCUT2D eigenvalue weighted by Crippen LogP contribution is 2.45. The van der Waals surface area contributed by atoms with Crippen LogP contribution in [0, 0.1) is 11.8 Å². The quantitative estimate of drug-likeness (QED) is 0.670. The Morgan fingerprint density at radius 2 is 2.22 bits per heavy atom. The van der Waals surface area contributed by atoms with Gasteiger partial charge in [-0.2, -0.15) is 0 Å². The molecule has 4 heteroatoms. The highest BCUT2D eigenvalue weighted by atomic mass is 32.2. The molecular weight excluding hydrogens is 306 g/mol. The number of hydrogen-bond acceptors (Lipinski definition) is 3. The number of unbranched alkanes of at least 4 members (excludes halogenated alkanes) is 1. The van der Waals surface area contributed by atoms with E-state index in [1.807, 2.05) is 0 Å². The van der Waals surface area contributed by atoms with Crippen LogP contribution >= 0.6 is 11.8 Å². The third kappa shape index (κ3) is 4.72. The second-order valence-corrected chi connectivity index (χ2v) is 7.97. The highest BCUT2D eigenvalue weighted by Gasteiger charge is 2.27. The largest absolute Gasteiger partial charge is 0.320 e. The van der Waals surface area contributed by atoms with Gasteiger partial charge in [0.1, 0.15) is 6.29 Å². The van der Waals surface area contributed by atoms with Crippen molar-refractivity contribution in [2.45, 2.75) is 72.1 Å². The number of thioether (sulfide) groups is 1. The molecular formula is C19H29NO2S. The molecule has 1 amide bonds. The fourth-order valence-electron chi connectivity index (χ4n) is 3.31. The average molecular weight is 336 g/mol. The van der Waals surface area contributed by atoms with Crippen LogP contribution < -0.4 is 5.32 Å². The van der Waals surface area contributed by atoms with E-state index in [1.54, 1.807) is 11.8 Å². The van der Waals surface area contributed by atoms with E-state index in [9.17, 15) is 9.59 Å². The van der Waals surface area contributed by atoms with Crippen LogP contribution in [0.3, 0.4) is 0 Å². The van der Waals surface area contributed by atoms with Crippen molar-refractivity contribution >= 4 is 24.0 Å². The van der Waals surface area contributed by atoms with Crippen molar-refractivity contribution in [3.8, 4) is 0 Å². The van der Waals surface area contributed by atoms with Crippen molar-refractivity contribution in [1.82, 2.24) is 5.32 Å². The molecule has 1 N–H and O–H groups in total. The minimum atomic E-state index is 0.0524. The molecule has 0 bridgehead atoms. The van der Waals surface area contributed by atoms with Crippen molar-refractivity contribution < 1.29 is 9.59 Å². The summed E-state index contributed by atoms with van der Waals surface area (Å²) >= 11 is 1.63. The van der Waals surface area contributed by atoms with Crippen molar-refractivity contribution in [1.29, 1.82) is 0 Å². The molecule has 0 fully saturated rings. The summed E-state index contributed by atoms with van der Waals surface area (Å²) in [5.74, 6) is 0.830. The maximum Gasteiger partial charge on any atom is 0.227 e. The van der Waals surface area contributed by atoms with Crippen molar-refractivity contribution in [2.24, 2.45) is 11.8 Å². The Balaban J connectivity index is 2.06. The standard InChI is InChI=1S/C19H29NO2S/c1-4-6-7-14(5-2)18(22)20-19-16(12-21)11-15-9-8-13(3)10-17(15)23-19/h12-14H,4-11H2,1-3H3,(H,20,22). The van der Waals surface area contributed by atoms with E-state index in [-0.39, 0.29) is 11.8 Å². The van der Waals surface area contributed by atoms with Crippen molar-refractivity contribution in [3.63, 3.8) is 0 Å². The lowest BCUT2D eigenvalue weighted by atomic mass is 9.88. The molecule has 0 aromatic rings. The topological polar surface area (TPSA) is 46.2 Å². The van der Waals surface area contributed by atoms with Crippen LogP contribution in [0.2, 0.25) is 0 Å². The normalized spacial score (nSPS) is 22.7. The monoisotopic (exact) mass is 335 g/mol. The van der Waals surface area contributed by atoms with Crippen LogP contribution in [0.15, 0.2) is 21.1 Å². The summed E-state index contributed by atoms with van der Waals surface area (Å²) in [6.07, 6.45) is 9.00. The molecule has 2 atom stereocenters. The summed E-state index contributed by atoms with van der Waals surface area (Å²) in [7, 11) is 0. The van der Waals surface area contributed by atoms with Crippen molar-refractivity contribution in [2.75, 3.05) is 0 Å². The lowest BCUT2D eigenvalue weighted by molar-refractivity contribution is -0.124. The highest BCUT2D eigenvalue weighted by molar-refractivity contribution is 8.06. The molecule has 2 unspecified atom stereocenters. The van der Waals surface area contributed by atoms with Crippen LogP contribution in [-0.2, 0) is 9.59 Å². The SMILES string of the molecule is CCCCC(CC)C(=O)NC1=C(C=O)CC2=C(CC(C)CC2)S1. The van der Waals surface area contributed by atoms with Gasteiger partial charge in [0, 0.05) is 17.9 Å². The Bertz CT molecular complexity index is 521. The Kier molecular flexibility index (Phi) is 6.94. The summed E-state index contributed by atoms with van der Waals surface area (Å²) in [6, 6.07) is 0. The van der Waals surface area contributed by atoms with E-state index in [1.165, 1.54) is 16.9 Å². The summed E-state index contributed by atoms with van der Waals surface area (Å²) in [5, 5.41) is 3.85. The number of carbonyl (C=O) groups is 2. The molecule has 0 aromatic heterocycles. The number of aldehydes is 1. The predicted molar refractivity (Wildman–Crippen MR) is 96.8 cm³/mol. The van der Waals surface area contributed by atoms with E-state index in [0.717, 1.165) is 61.8 Å². The number of carbonyl (C=O) groups excluding carboxylic acids is 2. The van der Waals surface area contributed by atoms with Gasteiger partial charge in [-0.1, -0.05) is 50.9 Å². The van der Waals surface area contributed by atoms with Gasteiger partial charge in [-0.15, -0.1) is 0 Å². The number of rotatable bonds is 7. The molecule has 0 saturated carbocycles. The summed E-state index contributed by atoms with van der Waals surface area (Å²) in [5.41, 5.74) is 2.16. The fourth-order valence-corrected chi connectivity index (χ4v) is 4.64. The Hall–Kier alpha value is -1.03. The second kappa shape index (κ2) is 8.72. The Labute approximate surface area is 144 Å². The van der Waals surface area contributed by atoms with Gasteiger partial charge in [0.25, 0.3) is 0 Å². The third-order valence-electron chi connectivity index (χ3n) is 4.94. The van der Waals surface area contributed by atoms with Crippen LogP contribution in [0.4, 0.5) is 0 Å². The number of hydrogen-bond donors (Lipinski definition) is 1. The Morgan fingerprint density at radius 3 is 2.87 bits per heavy atom. The van der Waals surface area contributed by atoms with E-state index >= 15 is 0 Å². The lowest BCUT2D eigenvalue weighted by Gasteiger charge is -2.30. The first kappa shape index (κ1) is 18.3. The van der Waals surface area contributed by atoms with Gasteiger partial charge < -0.3 is 5.32 Å². The molecule has 1 aliphatic heterocycles. The Morgan fingerprint density at radius 1 is 1.43 bits per heavy atom. The van der Waals surface area contributed by atoms with Crippen molar-refractivity contribution in [3.05, 3.63) is 21.1 Å². The molecule has 1 aliphatic carbocycles. The summed E-state index contributed by atoms with van der Waals surface area (Å²) < 4.78 is 0. The lowest BCUT2D eigenvalue weighted by Crippen LogP contribution is -2.31. The van der Waals surface area contributed by atoms with Crippen LogP contribution in [-0.4, -0.2) is 12.2 Å². The number of amides is 1. The van der Waals surface area contributed by atoms with Gasteiger partial charge in [0.05, 0.1) is 5.03 Å². The molecule has 3 nitrogen and oxygen atoms in total. The third-order valence-corrected chi connectivity index (χ3v) is 6.21. The first-order valence-electron chi connectivity index (χ1n) is 8.96. The van der Waals surface area contributed by atoms with E-state index in [0.29, 0.717) is 5.92 Å². The molecule has 23 heavy (non-hydrogen) atoms. The van der Waals surface area contributed by atoms with Gasteiger partial charge in [0.15, 0.2) is 0 Å². The van der Waals surface area contributed by atoms with E-state index < -0.39 is 0 Å². The smallest absolute Gasteiger partial charge is 0.227 e. The van der Waals surface area contributed by atoms with E-state index in [2.05, 4.69) is 26.1 Å². The molecule has 0 radical (unpaired) electrons. The maximum atomic E-state index is 12.5. The zero-order valence-electron chi connectivity index (χ0n) is 14.6. The van der Waals surface area contributed by atoms with E-state index in [4.69, 9.17) is 0 Å². The molecule has 128 valence electrons. The zero-order valence-corrected chi connectivity index (χ0v) is 15.4. The minimum Gasteiger partial charge on any atom is -0.320 e. The van der Waals surface area contributed by atoms with Gasteiger partial charge in [-0.25, -0.2) is 0 Å². The summed E-state index contributed by atoms with van der Waals surface area (Å²) in [4.78, 5) is 25.4.